The van der Waals surface area contributed by atoms with E-state index in [1.807, 2.05) is 0 Å². The van der Waals surface area contributed by atoms with Gasteiger partial charge in [-0.2, -0.15) is 0 Å². The number of carbonyl (C=O) groups excluding carboxylic acids is 5. The Kier molecular flexibility index (Phi) is 20.6. The standard InChI is InChI=1S/C25H47N4O12P/c1-17(30)14-22(32)28-20(16-39-24(34)9-5-4-6-11-26)8-7-12-27-25(35)21(10-13-40-42(36,37)38)29-23(33)15-18(2)41-19(3)31/h17-18,20-21,30H,4-16,26H2,1-3H3,(H,27,35)(H,28,32)(H,29,33)(H2,36,37,38)/t17-,18-,20-,21+/m1/s1. The van der Waals surface area contributed by atoms with Crippen molar-refractivity contribution in [2.45, 2.75) is 103 Å². The molecule has 0 bridgehead atoms. The van der Waals surface area contributed by atoms with Gasteiger partial charge in [0.2, 0.25) is 17.7 Å². The Morgan fingerprint density at radius 3 is 2.19 bits per heavy atom. The van der Waals surface area contributed by atoms with Gasteiger partial charge >= 0.3 is 19.8 Å². The molecule has 0 aromatic rings. The highest BCUT2D eigenvalue weighted by atomic mass is 31.2. The number of aliphatic hydroxyl groups excluding tert-OH is 1. The number of ether oxygens (including phenoxy) is 2. The molecule has 0 spiro atoms. The van der Waals surface area contributed by atoms with E-state index in [0.717, 1.165) is 12.8 Å². The highest BCUT2D eigenvalue weighted by Crippen LogP contribution is 2.35. The first-order valence-corrected chi connectivity index (χ1v) is 15.4. The van der Waals surface area contributed by atoms with Crippen molar-refractivity contribution in [3.63, 3.8) is 0 Å². The summed E-state index contributed by atoms with van der Waals surface area (Å²) in [5.41, 5.74) is 5.44. The molecule has 0 aromatic carbocycles. The molecule has 0 aliphatic rings. The van der Waals surface area contributed by atoms with Gasteiger partial charge in [0, 0.05) is 26.3 Å². The van der Waals surface area contributed by atoms with E-state index in [9.17, 15) is 33.6 Å². The monoisotopic (exact) mass is 626 g/mol. The van der Waals surface area contributed by atoms with Crippen LogP contribution in [0.25, 0.3) is 0 Å². The van der Waals surface area contributed by atoms with E-state index in [4.69, 9.17) is 25.0 Å². The lowest BCUT2D eigenvalue weighted by Gasteiger charge is -2.21. The first kappa shape index (κ1) is 39.4. The zero-order valence-electron chi connectivity index (χ0n) is 24.5. The number of esters is 2. The molecule has 244 valence electrons. The topological polar surface area (TPSA) is 253 Å². The van der Waals surface area contributed by atoms with Gasteiger partial charge in [0.15, 0.2) is 0 Å². The smallest absolute Gasteiger partial charge is 0.463 e. The maximum absolute atomic E-state index is 12.8. The molecule has 3 amide bonds. The van der Waals surface area contributed by atoms with Crippen LogP contribution in [0.3, 0.4) is 0 Å². The number of aliphatic hydroxyl groups is 1. The molecule has 0 fully saturated rings. The van der Waals surface area contributed by atoms with Gasteiger partial charge in [-0.3, -0.25) is 28.5 Å². The summed E-state index contributed by atoms with van der Waals surface area (Å²) in [5.74, 6) is -2.73. The lowest BCUT2D eigenvalue weighted by Crippen LogP contribution is -2.48. The van der Waals surface area contributed by atoms with Gasteiger partial charge in [0.25, 0.3) is 0 Å². The van der Waals surface area contributed by atoms with Crippen LogP contribution in [-0.2, 0) is 42.5 Å². The van der Waals surface area contributed by atoms with Crippen molar-refractivity contribution in [2.24, 2.45) is 5.73 Å². The highest BCUT2D eigenvalue weighted by molar-refractivity contribution is 7.46. The minimum atomic E-state index is -4.80. The summed E-state index contributed by atoms with van der Waals surface area (Å²) in [4.78, 5) is 78.2. The average Bonchev–Trinajstić information content (AvgIpc) is 2.84. The fraction of sp³-hybridized carbons (Fsp3) is 0.800. The number of amides is 3. The van der Waals surface area contributed by atoms with Crippen molar-refractivity contribution >= 4 is 37.5 Å². The van der Waals surface area contributed by atoms with E-state index in [0.29, 0.717) is 25.8 Å². The van der Waals surface area contributed by atoms with Crippen molar-refractivity contribution < 1.29 is 57.4 Å². The van der Waals surface area contributed by atoms with E-state index in [1.54, 1.807) is 0 Å². The quantitative estimate of drug-likeness (QED) is 0.0431. The molecule has 42 heavy (non-hydrogen) atoms. The van der Waals surface area contributed by atoms with E-state index >= 15 is 0 Å². The van der Waals surface area contributed by atoms with Crippen LogP contribution in [0.5, 0.6) is 0 Å². The maximum Gasteiger partial charge on any atom is 0.469 e. The largest absolute Gasteiger partial charge is 0.469 e. The molecule has 0 unspecified atom stereocenters. The second-order valence-electron chi connectivity index (χ2n) is 9.89. The SMILES string of the molecule is CC(=O)O[C@H](C)CC(=O)N[C@@H](CCOP(=O)(O)O)C(=O)NCCC[C@H](COC(=O)CCCCCN)NC(=O)C[C@@H](C)O. The molecular weight excluding hydrogens is 579 g/mol. The van der Waals surface area contributed by atoms with Crippen LogP contribution >= 0.6 is 7.82 Å². The molecule has 0 rings (SSSR count). The number of hydrogen-bond donors (Lipinski definition) is 7. The van der Waals surface area contributed by atoms with Gasteiger partial charge in [-0.25, -0.2) is 4.57 Å². The molecular formula is C25H47N4O12P. The van der Waals surface area contributed by atoms with Gasteiger partial charge in [0.1, 0.15) is 18.8 Å². The van der Waals surface area contributed by atoms with Gasteiger partial charge in [-0.05, 0) is 46.1 Å². The normalized spacial score (nSPS) is 14.2. The fourth-order valence-electron chi connectivity index (χ4n) is 3.69. The van der Waals surface area contributed by atoms with Gasteiger partial charge < -0.3 is 46.1 Å². The third kappa shape index (κ3) is 23.0. The number of phosphoric ester groups is 1. The lowest BCUT2D eigenvalue weighted by atomic mass is 10.1. The molecule has 0 aliphatic heterocycles. The third-order valence-corrected chi connectivity index (χ3v) is 6.08. The van der Waals surface area contributed by atoms with Crippen LogP contribution < -0.4 is 21.7 Å². The summed E-state index contributed by atoms with van der Waals surface area (Å²) in [6, 6.07) is -1.80. The Morgan fingerprint density at radius 1 is 0.929 bits per heavy atom. The van der Waals surface area contributed by atoms with E-state index in [2.05, 4.69) is 20.5 Å². The minimum Gasteiger partial charge on any atom is -0.463 e. The van der Waals surface area contributed by atoms with Crippen LogP contribution in [0.15, 0.2) is 0 Å². The number of unbranched alkanes of at least 4 members (excludes halogenated alkanes) is 2. The summed E-state index contributed by atoms with van der Waals surface area (Å²) in [6.45, 7) is 4.12. The number of phosphoric acid groups is 1. The average molecular weight is 627 g/mol. The van der Waals surface area contributed by atoms with E-state index < -0.39 is 68.4 Å². The van der Waals surface area contributed by atoms with Crippen LogP contribution in [0.1, 0.15) is 78.6 Å². The summed E-state index contributed by atoms with van der Waals surface area (Å²) in [6.07, 6.45) is 0.758. The molecule has 0 aliphatic carbocycles. The van der Waals surface area contributed by atoms with Crippen LogP contribution in [0.4, 0.5) is 0 Å². The van der Waals surface area contributed by atoms with Crippen molar-refractivity contribution in [1.29, 1.82) is 0 Å². The Labute approximate surface area is 246 Å². The molecule has 8 N–H and O–H groups in total. The van der Waals surface area contributed by atoms with E-state index in [-0.39, 0.29) is 38.8 Å². The van der Waals surface area contributed by atoms with E-state index in [1.165, 1.54) is 20.8 Å². The maximum atomic E-state index is 12.8. The van der Waals surface area contributed by atoms with Gasteiger partial charge in [-0.15, -0.1) is 0 Å². The molecule has 0 heterocycles. The Hall–Kier alpha value is -2.62. The van der Waals surface area contributed by atoms with Crippen LogP contribution in [-0.4, -0.2) is 95.1 Å². The van der Waals surface area contributed by atoms with Gasteiger partial charge in [0.05, 0.1) is 31.6 Å². The number of hydrogen-bond acceptors (Lipinski definition) is 11. The van der Waals surface area contributed by atoms with Gasteiger partial charge in [-0.1, -0.05) is 6.42 Å². The zero-order chi connectivity index (χ0) is 32.1. The number of rotatable bonds is 23. The van der Waals surface area contributed by atoms with Crippen molar-refractivity contribution in [3.05, 3.63) is 0 Å². The van der Waals surface area contributed by atoms with Crippen molar-refractivity contribution in [3.8, 4) is 0 Å². The molecule has 0 aromatic heterocycles. The molecule has 0 saturated carbocycles. The zero-order valence-corrected chi connectivity index (χ0v) is 25.4. The second-order valence-corrected chi connectivity index (χ2v) is 11.1. The predicted octanol–water partition coefficient (Wildman–Crippen LogP) is -0.473. The third-order valence-electron chi connectivity index (χ3n) is 5.56. The molecule has 0 radical (unpaired) electrons. The lowest BCUT2D eigenvalue weighted by molar-refractivity contribution is -0.147. The first-order valence-electron chi connectivity index (χ1n) is 13.9. The summed E-state index contributed by atoms with van der Waals surface area (Å²) >= 11 is 0. The number of nitrogens with one attached hydrogen (secondary N) is 3. The predicted molar refractivity (Wildman–Crippen MR) is 149 cm³/mol. The number of nitrogens with two attached hydrogens (primary N) is 1. The van der Waals surface area contributed by atoms with Crippen LogP contribution in [0.2, 0.25) is 0 Å². The summed E-state index contributed by atoms with van der Waals surface area (Å²) < 4.78 is 25.6. The number of carbonyl (C=O) groups is 5. The van der Waals surface area contributed by atoms with Crippen molar-refractivity contribution in [1.82, 2.24) is 16.0 Å². The molecule has 4 atom stereocenters. The Balaban J connectivity index is 5.02. The first-order chi connectivity index (χ1) is 19.6. The molecule has 17 heteroatoms. The molecule has 16 nitrogen and oxygen atoms in total. The Morgan fingerprint density at radius 2 is 1.60 bits per heavy atom. The minimum absolute atomic E-state index is 0.0875. The highest BCUT2D eigenvalue weighted by Gasteiger charge is 2.24. The van der Waals surface area contributed by atoms with Crippen LogP contribution in [0, 0.1) is 0 Å². The summed E-state index contributed by atoms with van der Waals surface area (Å²) in [7, 11) is -4.80. The fourth-order valence-corrected chi connectivity index (χ4v) is 4.03. The second kappa shape index (κ2) is 22.0. The van der Waals surface area contributed by atoms with Crippen molar-refractivity contribution in [2.75, 3.05) is 26.3 Å². The summed E-state index contributed by atoms with van der Waals surface area (Å²) in [5, 5.41) is 17.2. The molecule has 0 saturated heterocycles. The Bertz CT molecular complexity index is 899.